The Kier molecular flexibility index (Phi) is 22.3. The Morgan fingerprint density at radius 1 is 0.959 bits per heavy atom. The third-order valence-corrected chi connectivity index (χ3v) is 8.84. The number of hydrogen-bond donors (Lipinski definition) is 4. The second-order valence-corrected chi connectivity index (χ2v) is 13.4. The summed E-state index contributed by atoms with van der Waals surface area (Å²) in [7, 11) is 3.25. The number of alkyl halides is 3. The van der Waals surface area contributed by atoms with Crippen LogP contribution in [-0.2, 0) is 20.8 Å². The number of nitrogens with one attached hydrogen (secondary N) is 2. The molecule has 0 spiro atoms. The molecule has 0 aliphatic heterocycles. The van der Waals surface area contributed by atoms with Gasteiger partial charge in [0, 0.05) is 33.0 Å². The predicted octanol–water partition coefficient (Wildman–Crippen LogP) is 4.56. The van der Waals surface area contributed by atoms with E-state index in [0.717, 1.165) is 31.2 Å². The van der Waals surface area contributed by atoms with Crippen molar-refractivity contribution in [3.05, 3.63) is 35.9 Å². The van der Waals surface area contributed by atoms with Crippen molar-refractivity contribution in [3.8, 4) is 11.8 Å². The third-order valence-electron chi connectivity index (χ3n) is 8.84. The normalized spacial score (nSPS) is 16.2. The number of aliphatic hydroxyl groups excluding tert-OH is 2. The number of carbonyl (C=O) groups is 3. The maximum absolute atomic E-state index is 13.8. The van der Waals surface area contributed by atoms with E-state index in [2.05, 4.69) is 22.5 Å². The van der Waals surface area contributed by atoms with Crippen LogP contribution in [-0.4, -0.2) is 103 Å². The van der Waals surface area contributed by atoms with Crippen LogP contribution in [0.4, 0.5) is 13.2 Å². The van der Waals surface area contributed by atoms with E-state index in [4.69, 9.17) is 0 Å². The van der Waals surface area contributed by atoms with Crippen molar-refractivity contribution >= 4 is 17.7 Å². The van der Waals surface area contributed by atoms with Crippen LogP contribution in [0.3, 0.4) is 0 Å². The van der Waals surface area contributed by atoms with Gasteiger partial charge < -0.3 is 25.7 Å². The Balaban J connectivity index is 0.00000385. The molecule has 0 saturated heterocycles. The Hall–Kier alpha value is -3.14. The van der Waals surface area contributed by atoms with E-state index in [1.165, 1.54) is 16.2 Å². The Morgan fingerprint density at radius 2 is 1.59 bits per heavy atom. The molecule has 1 aliphatic carbocycles. The fourth-order valence-corrected chi connectivity index (χ4v) is 5.97. The highest BCUT2D eigenvalue weighted by Crippen LogP contribution is 2.29. The molecule has 0 bridgehead atoms. The molecule has 3 amide bonds. The minimum absolute atomic E-state index is 0.0519. The molecule has 2 rings (SSSR count). The molecule has 278 valence electrons. The van der Waals surface area contributed by atoms with E-state index in [9.17, 15) is 37.8 Å². The number of rotatable bonds is 19. The molecular weight excluding hydrogens is 637 g/mol. The van der Waals surface area contributed by atoms with Crippen LogP contribution >= 0.6 is 0 Å². The highest BCUT2D eigenvalue weighted by Gasteiger charge is 2.34. The zero-order valence-electron chi connectivity index (χ0n) is 30.0. The van der Waals surface area contributed by atoms with Crippen molar-refractivity contribution in [1.29, 1.82) is 0 Å². The van der Waals surface area contributed by atoms with Gasteiger partial charge in [0.05, 0.1) is 18.1 Å². The number of aliphatic hydroxyl groups is 2. The van der Waals surface area contributed by atoms with Crippen molar-refractivity contribution in [2.75, 3.05) is 40.9 Å². The molecule has 4 N–H and O–H groups in total. The topological polar surface area (TPSA) is 122 Å². The summed E-state index contributed by atoms with van der Waals surface area (Å²) >= 11 is 0. The van der Waals surface area contributed by atoms with Crippen LogP contribution < -0.4 is 10.6 Å². The summed E-state index contributed by atoms with van der Waals surface area (Å²) in [5, 5.41) is 27.8. The standard InChI is InChI=1S/C36H57FN4O5.CH2F2/c1-6-7-18-30(36(46)39-31(23-28-16-12-9-13-17-28)34(44)32(42)21-26(2)3)38-35(45)29(22-27-14-10-8-11-15-27)24-33(43)41(5)20-19-40(4)25-37;2-1-3/h8,10-11,14-15,26,28-32,34,42,44H,9,12-13,16-25H2,1-5H3,(H,38,45)(H,39,46);1H2/t29?,30-,31?,32?,34?;/m0./s1. The van der Waals surface area contributed by atoms with Crippen molar-refractivity contribution in [2.24, 2.45) is 17.8 Å². The Labute approximate surface area is 291 Å². The zero-order chi connectivity index (χ0) is 36.8. The lowest BCUT2D eigenvalue weighted by molar-refractivity contribution is -0.137. The zero-order valence-corrected chi connectivity index (χ0v) is 30.0. The minimum atomic E-state index is -1.75. The molecule has 1 saturated carbocycles. The lowest BCUT2D eigenvalue weighted by Gasteiger charge is -2.33. The van der Waals surface area contributed by atoms with Crippen LogP contribution in [0, 0.1) is 29.6 Å². The molecule has 1 aromatic rings. The summed E-state index contributed by atoms with van der Waals surface area (Å²) in [6, 6.07) is 7.67. The smallest absolute Gasteiger partial charge is 0.243 e. The highest BCUT2D eigenvalue weighted by molar-refractivity contribution is 5.91. The summed E-state index contributed by atoms with van der Waals surface area (Å²) in [5.41, 5.74) is 0.874. The second-order valence-electron chi connectivity index (χ2n) is 13.4. The molecule has 1 aliphatic rings. The van der Waals surface area contributed by atoms with E-state index >= 15 is 0 Å². The van der Waals surface area contributed by atoms with Crippen LogP contribution in [0.5, 0.6) is 0 Å². The number of nitrogens with zero attached hydrogens (tertiary/aromatic N) is 2. The maximum atomic E-state index is 13.8. The Morgan fingerprint density at radius 3 is 2.16 bits per heavy atom. The third kappa shape index (κ3) is 17.9. The monoisotopic (exact) mass is 696 g/mol. The van der Waals surface area contributed by atoms with E-state index in [-0.39, 0.29) is 31.1 Å². The van der Waals surface area contributed by atoms with Crippen molar-refractivity contribution in [3.63, 3.8) is 0 Å². The van der Waals surface area contributed by atoms with Gasteiger partial charge >= 0.3 is 0 Å². The van der Waals surface area contributed by atoms with Crippen LogP contribution in [0.15, 0.2) is 30.3 Å². The summed E-state index contributed by atoms with van der Waals surface area (Å²) < 4.78 is 32.2. The molecule has 49 heavy (non-hydrogen) atoms. The van der Waals surface area contributed by atoms with Gasteiger partial charge in [0.25, 0.3) is 0 Å². The minimum Gasteiger partial charge on any atom is -0.390 e. The average molecular weight is 697 g/mol. The molecular formula is C37H59F3N4O5. The summed E-state index contributed by atoms with van der Waals surface area (Å²) in [4.78, 5) is 43.7. The first kappa shape index (κ1) is 43.9. The maximum Gasteiger partial charge on any atom is 0.243 e. The van der Waals surface area contributed by atoms with Gasteiger partial charge in [-0.05, 0) is 50.6 Å². The number of halogens is 3. The predicted molar refractivity (Wildman–Crippen MR) is 186 cm³/mol. The molecule has 0 heterocycles. The fourth-order valence-electron chi connectivity index (χ4n) is 5.97. The van der Waals surface area contributed by atoms with Gasteiger partial charge in [-0.3, -0.25) is 19.3 Å². The molecule has 0 radical (unpaired) electrons. The van der Waals surface area contributed by atoms with Crippen LogP contribution in [0.25, 0.3) is 0 Å². The number of carbonyl (C=O) groups excluding carboxylic acids is 3. The summed E-state index contributed by atoms with van der Waals surface area (Å²) in [6.07, 6.45) is 4.42. The lowest BCUT2D eigenvalue weighted by Crippen LogP contribution is -2.56. The molecule has 9 nitrogen and oxygen atoms in total. The van der Waals surface area contributed by atoms with Gasteiger partial charge in [-0.15, -0.1) is 11.8 Å². The van der Waals surface area contributed by atoms with Crippen LogP contribution in [0.2, 0.25) is 0 Å². The second kappa shape index (κ2) is 24.9. The largest absolute Gasteiger partial charge is 0.390 e. The first-order chi connectivity index (χ1) is 23.4. The van der Waals surface area contributed by atoms with Gasteiger partial charge in [-0.1, -0.05) is 76.3 Å². The van der Waals surface area contributed by atoms with Gasteiger partial charge in [-0.2, -0.15) is 0 Å². The van der Waals surface area contributed by atoms with Crippen molar-refractivity contribution in [1.82, 2.24) is 20.4 Å². The van der Waals surface area contributed by atoms with Crippen LogP contribution in [0.1, 0.15) is 84.1 Å². The molecule has 1 fully saturated rings. The number of likely N-dealkylation sites (N-methyl/N-ethyl adjacent to an activating group) is 2. The van der Waals surface area contributed by atoms with Gasteiger partial charge in [0.2, 0.25) is 24.6 Å². The Bertz CT molecular complexity index is 1140. The number of benzene rings is 1. The van der Waals surface area contributed by atoms with E-state index < -0.39 is 55.8 Å². The van der Waals surface area contributed by atoms with Gasteiger partial charge in [-0.25, -0.2) is 13.2 Å². The summed E-state index contributed by atoms with van der Waals surface area (Å²) in [6.45, 7) is 3.88. The lowest BCUT2D eigenvalue weighted by atomic mass is 9.82. The molecule has 1 aromatic carbocycles. The number of amides is 3. The van der Waals surface area contributed by atoms with E-state index in [1.807, 2.05) is 44.2 Å². The summed E-state index contributed by atoms with van der Waals surface area (Å²) in [5.74, 6) is 4.22. The molecule has 0 aromatic heterocycles. The SMILES string of the molecule is CC#CC[C@H](NC(=O)C(CC(=O)N(C)CCN(C)CF)Cc1ccccc1)C(=O)NC(CC1CCCCC1)C(O)C(O)CC(C)C.FCF. The highest BCUT2D eigenvalue weighted by atomic mass is 19.3. The van der Waals surface area contributed by atoms with Crippen molar-refractivity contribution < 1.29 is 37.8 Å². The van der Waals surface area contributed by atoms with E-state index in [1.54, 1.807) is 21.0 Å². The number of hydrogen-bond acceptors (Lipinski definition) is 6. The first-order valence-corrected chi connectivity index (χ1v) is 17.4. The quantitative estimate of drug-likeness (QED) is 0.124. The fraction of sp³-hybridized carbons (Fsp3) is 0.703. The molecule has 12 heteroatoms. The molecule has 4 unspecified atom stereocenters. The molecule has 5 atom stereocenters. The van der Waals surface area contributed by atoms with E-state index in [0.29, 0.717) is 31.8 Å². The average Bonchev–Trinajstić information content (AvgIpc) is 3.08. The van der Waals surface area contributed by atoms with Gasteiger partial charge in [0.1, 0.15) is 18.9 Å². The van der Waals surface area contributed by atoms with Gasteiger partial charge in [0.15, 0.2) is 0 Å². The first-order valence-electron chi connectivity index (χ1n) is 17.4. The van der Waals surface area contributed by atoms with Crippen molar-refractivity contribution in [2.45, 2.75) is 109 Å².